The number of hydrogen-bond acceptors (Lipinski definition) is 2. The number of carbonyl (C=O) groups is 1. The molecule has 2 amide bonds. The molecular formula is C15H17N3O. The normalized spacial score (nSPS) is 9.95. The van der Waals surface area contributed by atoms with Crippen molar-refractivity contribution in [2.75, 3.05) is 22.5 Å². The molecule has 0 bridgehead atoms. The lowest BCUT2D eigenvalue weighted by Crippen LogP contribution is -2.35. The van der Waals surface area contributed by atoms with Crippen LogP contribution in [-0.4, -0.2) is 12.6 Å². The fraction of sp³-hybridized carbons (Fsp3) is 0.133. The van der Waals surface area contributed by atoms with Gasteiger partial charge in [0, 0.05) is 12.2 Å². The fourth-order valence-corrected chi connectivity index (χ4v) is 1.87. The van der Waals surface area contributed by atoms with Crippen LogP contribution >= 0.6 is 0 Å². The molecule has 3 N–H and O–H groups in total. The van der Waals surface area contributed by atoms with Crippen LogP contribution < -0.4 is 16.0 Å². The second-order valence-corrected chi connectivity index (χ2v) is 4.10. The summed E-state index contributed by atoms with van der Waals surface area (Å²) in [5.41, 5.74) is 7.98. The Kier molecular flexibility index (Phi) is 4.03. The molecule has 0 unspecified atom stereocenters. The van der Waals surface area contributed by atoms with Crippen LogP contribution in [0.2, 0.25) is 0 Å². The zero-order valence-corrected chi connectivity index (χ0v) is 10.8. The number of carbonyl (C=O) groups excluding carboxylic acids is 1. The lowest BCUT2D eigenvalue weighted by Gasteiger charge is -2.22. The molecule has 0 radical (unpaired) electrons. The lowest BCUT2D eigenvalue weighted by atomic mass is 10.2. The summed E-state index contributed by atoms with van der Waals surface area (Å²) in [6, 6.07) is 16.5. The van der Waals surface area contributed by atoms with Crippen molar-refractivity contribution in [1.29, 1.82) is 0 Å². The number of benzene rings is 2. The van der Waals surface area contributed by atoms with Gasteiger partial charge in [-0.25, -0.2) is 4.79 Å². The summed E-state index contributed by atoms with van der Waals surface area (Å²) in [7, 11) is 0. The number of hydrogen-bond donors (Lipinski definition) is 2. The van der Waals surface area contributed by atoms with Gasteiger partial charge in [-0.1, -0.05) is 30.3 Å². The zero-order chi connectivity index (χ0) is 13.7. The Bertz CT molecular complexity index is 554. The molecule has 0 aliphatic carbocycles. The third-order valence-electron chi connectivity index (χ3n) is 2.81. The number of amides is 2. The van der Waals surface area contributed by atoms with Gasteiger partial charge in [-0.15, -0.1) is 0 Å². The number of nitrogen functional groups attached to an aromatic ring is 1. The topological polar surface area (TPSA) is 58.4 Å². The van der Waals surface area contributed by atoms with Crippen molar-refractivity contribution >= 4 is 23.1 Å². The van der Waals surface area contributed by atoms with Crippen LogP contribution in [0, 0.1) is 0 Å². The van der Waals surface area contributed by atoms with Gasteiger partial charge in [0.15, 0.2) is 0 Å². The molecule has 2 aromatic rings. The predicted octanol–water partition coefficient (Wildman–Crippen LogP) is 3.33. The van der Waals surface area contributed by atoms with Crippen molar-refractivity contribution < 1.29 is 4.79 Å². The molecule has 0 fully saturated rings. The van der Waals surface area contributed by atoms with E-state index in [4.69, 9.17) is 5.73 Å². The standard InChI is InChI=1S/C15H17N3O/c1-2-18(14-11-7-6-10-13(14)16)15(19)17-12-8-4-3-5-9-12/h3-11H,2,16H2,1H3,(H,17,19). The number of urea groups is 1. The summed E-state index contributed by atoms with van der Waals surface area (Å²) < 4.78 is 0. The van der Waals surface area contributed by atoms with Crippen molar-refractivity contribution in [1.82, 2.24) is 0 Å². The van der Waals surface area contributed by atoms with Crippen molar-refractivity contribution in [2.24, 2.45) is 0 Å². The first kappa shape index (κ1) is 13.0. The van der Waals surface area contributed by atoms with Gasteiger partial charge < -0.3 is 11.1 Å². The summed E-state index contributed by atoms with van der Waals surface area (Å²) in [5, 5.41) is 2.85. The van der Waals surface area contributed by atoms with E-state index in [9.17, 15) is 4.79 Å². The monoisotopic (exact) mass is 255 g/mol. The average molecular weight is 255 g/mol. The summed E-state index contributed by atoms with van der Waals surface area (Å²) in [6.45, 7) is 2.46. The molecule has 0 aliphatic heterocycles. The van der Waals surface area contributed by atoms with Crippen molar-refractivity contribution in [3.05, 3.63) is 54.6 Å². The average Bonchev–Trinajstić information content (AvgIpc) is 2.43. The largest absolute Gasteiger partial charge is 0.397 e. The minimum absolute atomic E-state index is 0.188. The Morgan fingerprint density at radius 2 is 1.74 bits per heavy atom. The Morgan fingerprint density at radius 1 is 1.11 bits per heavy atom. The summed E-state index contributed by atoms with van der Waals surface area (Å²) in [6.07, 6.45) is 0. The molecule has 4 heteroatoms. The summed E-state index contributed by atoms with van der Waals surface area (Å²) in [4.78, 5) is 13.9. The van der Waals surface area contributed by atoms with E-state index < -0.39 is 0 Å². The molecule has 2 rings (SSSR count). The number of rotatable bonds is 3. The van der Waals surface area contributed by atoms with Gasteiger partial charge >= 0.3 is 6.03 Å². The third kappa shape index (κ3) is 3.04. The maximum absolute atomic E-state index is 12.3. The molecule has 0 aromatic heterocycles. The predicted molar refractivity (Wildman–Crippen MR) is 79.3 cm³/mol. The number of nitrogens with one attached hydrogen (secondary N) is 1. The second kappa shape index (κ2) is 5.91. The molecule has 0 saturated heterocycles. The SMILES string of the molecule is CCN(C(=O)Nc1ccccc1)c1ccccc1N. The Hall–Kier alpha value is -2.49. The molecule has 0 heterocycles. The van der Waals surface area contributed by atoms with Crippen molar-refractivity contribution in [2.45, 2.75) is 6.92 Å². The van der Waals surface area contributed by atoms with Crippen LogP contribution in [0.15, 0.2) is 54.6 Å². The Labute approximate surface area is 112 Å². The van der Waals surface area contributed by atoms with Gasteiger partial charge in [0.05, 0.1) is 11.4 Å². The smallest absolute Gasteiger partial charge is 0.326 e. The quantitative estimate of drug-likeness (QED) is 0.826. The third-order valence-corrected chi connectivity index (χ3v) is 2.81. The summed E-state index contributed by atoms with van der Waals surface area (Å²) in [5.74, 6) is 0. The number of nitrogens with zero attached hydrogens (tertiary/aromatic N) is 1. The van der Waals surface area contributed by atoms with E-state index in [2.05, 4.69) is 5.32 Å². The fourth-order valence-electron chi connectivity index (χ4n) is 1.87. The molecule has 2 aromatic carbocycles. The van der Waals surface area contributed by atoms with E-state index in [-0.39, 0.29) is 6.03 Å². The van der Waals surface area contributed by atoms with Crippen LogP contribution in [0.25, 0.3) is 0 Å². The maximum atomic E-state index is 12.3. The van der Waals surface area contributed by atoms with Gasteiger partial charge in [-0.3, -0.25) is 4.90 Å². The van der Waals surface area contributed by atoms with E-state index in [1.807, 2.05) is 55.5 Å². The van der Waals surface area contributed by atoms with Gasteiger partial charge in [-0.2, -0.15) is 0 Å². The van der Waals surface area contributed by atoms with Crippen LogP contribution in [0.5, 0.6) is 0 Å². The zero-order valence-electron chi connectivity index (χ0n) is 10.8. The van der Waals surface area contributed by atoms with Gasteiger partial charge in [0.25, 0.3) is 0 Å². The van der Waals surface area contributed by atoms with E-state index in [1.54, 1.807) is 11.0 Å². The number of para-hydroxylation sites is 3. The van der Waals surface area contributed by atoms with Gasteiger partial charge in [-0.05, 0) is 31.2 Å². The first-order valence-corrected chi connectivity index (χ1v) is 6.20. The Balaban J connectivity index is 2.19. The van der Waals surface area contributed by atoms with Crippen LogP contribution in [0.3, 0.4) is 0 Å². The minimum atomic E-state index is -0.188. The van der Waals surface area contributed by atoms with Crippen molar-refractivity contribution in [3.8, 4) is 0 Å². The minimum Gasteiger partial charge on any atom is -0.397 e. The molecule has 19 heavy (non-hydrogen) atoms. The molecule has 98 valence electrons. The van der Waals surface area contributed by atoms with Crippen LogP contribution in [0.1, 0.15) is 6.92 Å². The van der Waals surface area contributed by atoms with Crippen LogP contribution in [0.4, 0.5) is 21.9 Å². The Morgan fingerprint density at radius 3 is 2.37 bits per heavy atom. The van der Waals surface area contributed by atoms with Crippen LogP contribution in [-0.2, 0) is 0 Å². The summed E-state index contributed by atoms with van der Waals surface area (Å²) >= 11 is 0. The molecule has 0 aliphatic rings. The van der Waals surface area contributed by atoms with E-state index in [0.717, 1.165) is 11.4 Å². The molecular weight excluding hydrogens is 238 g/mol. The highest BCUT2D eigenvalue weighted by atomic mass is 16.2. The van der Waals surface area contributed by atoms with E-state index in [1.165, 1.54) is 0 Å². The first-order chi connectivity index (χ1) is 9.22. The first-order valence-electron chi connectivity index (χ1n) is 6.20. The van der Waals surface area contributed by atoms with E-state index in [0.29, 0.717) is 12.2 Å². The second-order valence-electron chi connectivity index (χ2n) is 4.10. The molecule has 0 spiro atoms. The molecule has 0 atom stereocenters. The maximum Gasteiger partial charge on any atom is 0.326 e. The molecule has 0 saturated carbocycles. The van der Waals surface area contributed by atoms with E-state index >= 15 is 0 Å². The van der Waals surface area contributed by atoms with Gasteiger partial charge in [0.2, 0.25) is 0 Å². The van der Waals surface area contributed by atoms with Gasteiger partial charge in [0.1, 0.15) is 0 Å². The van der Waals surface area contributed by atoms with Crippen molar-refractivity contribution in [3.63, 3.8) is 0 Å². The number of nitrogens with two attached hydrogens (primary N) is 1. The lowest BCUT2D eigenvalue weighted by molar-refractivity contribution is 0.257. The molecule has 4 nitrogen and oxygen atoms in total. The highest BCUT2D eigenvalue weighted by Gasteiger charge is 2.15. The highest BCUT2D eigenvalue weighted by Crippen LogP contribution is 2.23. The number of anilines is 3. The highest BCUT2D eigenvalue weighted by molar-refractivity contribution is 6.03.